The summed E-state index contributed by atoms with van der Waals surface area (Å²) >= 11 is 0. The number of pyridine rings is 1. The average Bonchev–Trinajstić information content (AvgIpc) is 3.11. The number of nitrogens with zero attached hydrogens (tertiary/aromatic N) is 2. The van der Waals surface area contributed by atoms with Crippen molar-refractivity contribution in [3.05, 3.63) is 53.9 Å². The van der Waals surface area contributed by atoms with Crippen LogP contribution in [0, 0.1) is 5.92 Å². The lowest BCUT2D eigenvalue weighted by Gasteiger charge is -2.34. The first-order valence-electron chi connectivity index (χ1n) is 12.4. The van der Waals surface area contributed by atoms with Gasteiger partial charge in [-0.15, -0.1) is 0 Å². The van der Waals surface area contributed by atoms with Crippen LogP contribution in [0.1, 0.15) is 62.5 Å². The van der Waals surface area contributed by atoms with E-state index in [1.165, 1.54) is 6.42 Å². The summed E-state index contributed by atoms with van der Waals surface area (Å²) in [7, 11) is 1.61. The van der Waals surface area contributed by atoms with E-state index in [1.807, 2.05) is 35.2 Å². The van der Waals surface area contributed by atoms with Crippen LogP contribution in [0.4, 0.5) is 0 Å². The van der Waals surface area contributed by atoms with E-state index in [0.29, 0.717) is 37.6 Å². The molecule has 1 saturated carbocycles. The normalized spacial score (nSPS) is 19.1. The van der Waals surface area contributed by atoms with Crippen LogP contribution in [0.2, 0.25) is 0 Å². The molecule has 1 atom stereocenters. The fourth-order valence-corrected chi connectivity index (χ4v) is 4.92. The zero-order valence-electron chi connectivity index (χ0n) is 20.0. The Hall–Kier alpha value is -3.09. The quantitative estimate of drug-likeness (QED) is 0.631. The molecular formula is C27H35N3O4. The molecule has 4 rings (SSSR count). The smallest absolute Gasteiger partial charge is 0.242 e. The first-order chi connectivity index (χ1) is 16.7. The number of carbonyl (C=O) groups excluding carboxylic acids is 2. The summed E-state index contributed by atoms with van der Waals surface area (Å²) in [5, 5.41) is 3.00. The number of methoxy groups -OCH3 is 1. The zero-order valence-corrected chi connectivity index (χ0v) is 20.0. The van der Waals surface area contributed by atoms with Crippen molar-refractivity contribution >= 4 is 11.8 Å². The Morgan fingerprint density at radius 3 is 2.65 bits per heavy atom. The summed E-state index contributed by atoms with van der Waals surface area (Å²) < 4.78 is 11.6. The molecule has 1 aliphatic carbocycles. The minimum absolute atomic E-state index is 0.00403. The van der Waals surface area contributed by atoms with Gasteiger partial charge in [-0.05, 0) is 55.9 Å². The topological polar surface area (TPSA) is 80.8 Å². The summed E-state index contributed by atoms with van der Waals surface area (Å²) in [6.45, 7) is 1.42. The average molecular weight is 466 g/mol. The predicted octanol–water partition coefficient (Wildman–Crippen LogP) is 4.25. The third-order valence-electron chi connectivity index (χ3n) is 6.82. The molecule has 2 amide bonds. The number of amides is 2. The molecule has 7 nitrogen and oxygen atoms in total. The van der Waals surface area contributed by atoms with Gasteiger partial charge in [-0.25, -0.2) is 0 Å². The maximum absolute atomic E-state index is 13.7. The Morgan fingerprint density at radius 2 is 1.88 bits per heavy atom. The molecule has 1 aromatic heterocycles. The van der Waals surface area contributed by atoms with Crippen molar-refractivity contribution in [2.24, 2.45) is 5.92 Å². The standard InChI is InChI=1S/C27H35N3O4/c1-33-24-13-12-20(16-25(24)34-19-21-8-7-14-28-17-21)18-30(23-11-5-6-15-29-26(23)31)27(32)22-9-3-2-4-10-22/h7-8,12-14,16-17,22-23H,2-6,9-11,15,18-19H2,1H3,(H,29,31)/t23-/m0/s1. The highest BCUT2D eigenvalue weighted by Crippen LogP contribution is 2.32. The van der Waals surface area contributed by atoms with Crippen molar-refractivity contribution in [2.75, 3.05) is 13.7 Å². The monoisotopic (exact) mass is 465 g/mol. The van der Waals surface area contributed by atoms with Gasteiger partial charge in [0, 0.05) is 37.0 Å². The van der Waals surface area contributed by atoms with Crippen molar-refractivity contribution in [3.8, 4) is 11.5 Å². The predicted molar refractivity (Wildman–Crippen MR) is 129 cm³/mol. The van der Waals surface area contributed by atoms with Gasteiger partial charge in [-0.1, -0.05) is 31.4 Å². The largest absolute Gasteiger partial charge is 0.493 e. The van der Waals surface area contributed by atoms with Gasteiger partial charge >= 0.3 is 0 Å². The summed E-state index contributed by atoms with van der Waals surface area (Å²) in [4.78, 5) is 32.5. The van der Waals surface area contributed by atoms with Crippen molar-refractivity contribution in [2.45, 2.75) is 70.6 Å². The van der Waals surface area contributed by atoms with Crippen LogP contribution >= 0.6 is 0 Å². The van der Waals surface area contributed by atoms with E-state index < -0.39 is 6.04 Å². The molecule has 2 fully saturated rings. The lowest BCUT2D eigenvalue weighted by molar-refractivity contribution is -0.145. The van der Waals surface area contributed by atoms with E-state index in [9.17, 15) is 9.59 Å². The van der Waals surface area contributed by atoms with E-state index in [2.05, 4.69) is 10.3 Å². The van der Waals surface area contributed by atoms with Crippen molar-refractivity contribution < 1.29 is 19.1 Å². The van der Waals surface area contributed by atoms with Crippen LogP contribution in [-0.2, 0) is 22.7 Å². The Bertz CT molecular complexity index is 960. The zero-order chi connectivity index (χ0) is 23.8. The van der Waals surface area contributed by atoms with Gasteiger partial charge < -0.3 is 19.7 Å². The Balaban J connectivity index is 1.56. The summed E-state index contributed by atoms with van der Waals surface area (Å²) in [6.07, 6.45) is 11.2. The molecule has 2 aliphatic rings. The number of benzene rings is 1. The molecule has 2 heterocycles. The van der Waals surface area contributed by atoms with Crippen LogP contribution < -0.4 is 14.8 Å². The maximum atomic E-state index is 13.7. The summed E-state index contributed by atoms with van der Waals surface area (Å²) in [5.74, 6) is 1.31. The highest BCUT2D eigenvalue weighted by atomic mass is 16.5. The highest BCUT2D eigenvalue weighted by Gasteiger charge is 2.35. The van der Waals surface area contributed by atoms with Crippen LogP contribution in [0.25, 0.3) is 0 Å². The third-order valence-corrected chi connectivity index (χ3v) is 6.82. The molecular weight excluding hydrogens is 430 g/mol. The molecule has 1 aromatic carbocycles. The molecule has 0 bridgehead atoms. The van der Waals surface area contributed by atoms with Crippen LogP contribution in [-0.4, -0.2) is 41.4 Å². The van der Waals surface area contributed by atoms with Gasteiger partial charge in [0.2, 0.25) is 11.8 Å². The number of nitrogens with one attached hydrogen (secondary N) is 1. The second kappa shape index (κ2) is 11.9. The molecule has 0 spiro atoms. The van der Waals surface area contributed by atoms with Gasteiger partial charge in [-0.2, -0.15) is 0 Å². The first kappa shape index (κ1) is 24.0. The van der Waals surface area contributed by atoms with Gasteiger partial charge in [-0.3, -0.25) is 14.6 Å². The van der Waals surface area contributed by atoms with Crippen LogP contribution in [0.15, 0.2) is 42.7 Å². The molecule has 1 saturated heterocycles. The van der Waals surface area contributed by atoms with E-state index in [1.54, 1.807) is 19.5 Å². The number of hydrogen-bond donors (Lipinski definition) is 1. The number of aromatic nitrogens is 1. The minimum Gasteiger partial charge on any atom is -0.493 e. The maximum Gasteiger partial charge on any atom is 0.242 e. The summed E-state index contributed by atoms with van der Waals surface area (Å²) in [6, 6.07) is 9.14. The minimum atomic E-state index is -0.432. The molecule has 1 N–H and O–H groups in total. The van der Waals surface area contributed by atoms with Gasteiger partial charge in [0.05, 0.1) is 7.11 Å². The fourth-order valence-electron chi connectivity index (χ4n) is 4.92. The van der Waals surface area contributed by atoms with E-state index in [4.69, 9.17) is 9.47 Å². The molecule has 34 heavy (non-hydrogen) atoms. The van der Waals surface area contributed by atoms with E-state index in [-0.39, 0.29) is 17.7 Å². The van der Waals surface area contributed by atoms with Gasteiger partial charge in [0.15, 0.2) is 11.5 Å². The van der Waals surface area contributed by atoms with Crippen LogP contribution in [0.5, 0.6) is 11.5 Å². The van der Waals surface area contributed by atoms with Crippen LogP contribution in [0.3, 0.4) is 0 Å². The first-order valence-corrected chi connectivity index (χ1v) is 12.4. The van der Waals surface area contributed by atoms with Crippen molar-refractivity contribution in [1.82, 2.24) is 15.2 Å². The van der Waals surface area contributed by atoms with E-state index in [0.717, 1.165) is 49.7 Å². The summed E-state index contributed by atoms with van der Waals surface area (Å²) in [5.41, 5.74) is 1.88. The second-order valence-corrected chi connectivity index (χ2v) is 9.24. The highest BCUT2D eigenvalue weighted by molar-refractivity contribution is 5.88. The molecule has 182 valence electrons. The number of rotatable bonds is 8. The molecule has 0 unspecified atom stereocenters. The van der Waals surface area contributed by atoms with Gasteiger partial charge in [0.25, 0.3) is 0 Å². The molecule has 2 aromatic rings. The molecule has 1 aliphatic heterocycles. The second-order valence-electron chi connectivity index (χ2n) is 9.24. The number of carbonyl (C=O) groups is 2. The SMILES string of the molecule is COc1ccc(CN(C(=O)C2CCCCC2)[C@H]2CCCCNC2=O)cc1OCc1cccnc1. The fraction of sp³-hybridized carbons (Fsp3) is 0.519. The molecule has 7 heteroatoms. The van der Waals surface area contributed by atoms with Crippen molar-refractivity contribution in [3.63, 3.8) is 0 Å². The van der Waals surface area contributed by atoms with Crippen molar-refractivity contribution in [1.29, 1.82) is 0 Å². The Kier molecular flexibility index (Phi) is 8.39. The number of hydrogen-bond acceptors (Lipinski definition) is 5. The lowest BCUT2D eigenvalue weighted by atomic mass is 9.87. The molecule has 0 radical (unpaired) electrons. The van der Waals surface area contributed by atoms with Gasteiger partial charge in [0.1, 0.15) is 12.6 Å². The Labute approximate surface area is 201 Å². The third kappa shape index (κ3) is 6.07. The van der Waals surface area contributed by atoms with E-state index >= 15 is 0 Å². The lowest BCUT2D eigenvalue weighted by Crippen LogP contribution is -2.50. The number of ether oxygens (including phenoxy) is 2. The Morgan fingerprint density at radius 1 is 1.06 bits per heavy atom.